The fourth-order valence-corrected chi connectivity index (χ4v) is 3.51. The molecule has 1 aliphatic carbocycles. The highest BCUT2D eigenvalue weighted by Gasteiger charge is 2.42. The Morgan fingerprint density at radius 3 is 2.43 bits per heavy atom. The van der Waals surface area contributed by atoms with Crippen LogP contribution in [0.2, 0.25) is 0 Å². The minimum absolute atomic E-state index is 0.0211. The molecule has 6 heteroatoms. The van der Waals surface area contributed by atoms with E-state index in [4.69, 9.17) is 0 Å². The number of hydrogen-bond acceptors (Lipinski definition) is 3. The minimum atomic E-state index is -4.03. The Balaban J connectivity index is 1.73. The highest BCUT2D eigenvalue weighted by atomic mass is 19.4. The van der Waals surface area contributed by atoms with Crippen LogP contribution in [0.15, 0.2) is 0 Å². The van der Waals surface area contributed by atoms with Gasteiger partial charge in [0.2, 0.25) is 0 Å². The van der Waals surface area contributed by atoms with Gasteiger partial charge in [-0.15, -0.1) is 0 Å². The van der Waals surface area contributed by atoms with Crippen molar-refractivity contribution < 1.29 is 13.2 Å². The molecule has 0 bridgehead atoms. The van der Waals surface area contributed by atoms with Crippen molar-refractivity contribution in [1.29, 1.82) is 0 Å². The van der Waals surface area contributed by atoms with Crippen LogP contribution >= 0.6 is 0 Å². The van der Waals surface area contributed by atoms with E-state index in [2.05, 4.69) is 29.1 Å². The lowest BCUT2D eigenvalue weighted by atomic mass is 9.85. The van der Waals surface area contributed by atoms with Crippen LogP contribution in [0.25, 0.3) is 0 Å². The Morgan fingerprint density at radius 2 is 1.81 bits per heavy atom. The lowest BCUT2D eigenvalue weighted by Crippen LogP contribution is -2.51. The summed E-state index contributed by atoms with van der Waals surface area (Å²) >= 11 is 0. The molecule has 0 amide bonds. The molecule has 2 rings (SSSR count). The molecule has 1 heterocycles. The molecule has 1 aliphatic heterocycles. The number of rotatable bonds is 4. The molecule has 0 aromatic heterocycles. The van der Waals surface area contributed by atoms with E-state index >= 15 is 0 Å². The summed E-state index contributed by atoms with van der Waals surface area (Å²) in [6.07, 6.45) is -1.92. The molecule has 2 aliphatic rings. The lowest BCUT2D eigenvalue weighted by molar-refractivity contribution is -0.183. The predicted octanol–water partition coefficient (Wildman–Crippen LogP) is 2.33. The normalized spacial score (nSPS) is 31.3. The third-order valence-corrected chi connectivity index (χ3v) is 4.79. The van der Waals surface area contributed by atoms with E-state index in [-0.39, 0.29) is 18.5 Å². The number of piperazine rings is 1. The quantitative estimate of drug-likeness (QED) is 0.860. The number of nitrogens with one attached hydrogen (secondary N) is 1. The van der Waals surface area contributed by atoms with Gasteiger partial charge in [0.15, 0.2) is 0 Å². The van der Waals surface area contributed by atoms with Crippen molar-refractivity contribution >= 4 is 0 Å². The first-order valence-corrected chi connectivity index (χ1v) is 8.08. The van der Waals surface area contributed by atoms with Crippen molar-refractivity contribution in [3.63, 3.8) is 0 Å². The van der Waals surface area contributed by atoms with Gasteiger partial charge in [-0.05, 0) is 33.2 Å². The molecule has 0 unspecified atom stereocenters. The molecule has 124 valence electrons. The number of likely N-dealkylation sites (N-methyl/N-ethyl adjacent to an activating group) is 1. The van der Waals surface area contributed by atoms with Crippen LogP contribution in [0.4, 0.5) is 13.2 Å². The van der Waals surface area contributed by atoms with Gasteiger partial charge in [-0.2, -0.15) is 13.2 Å². The lowest BCUT2D eigenvalue weighted by Gasteiger charge is -2.36. The van der Waals surface area contributed by atoms with Crippen LogP contribution in [-0.4, -0.2) is 67.8 Å². The molecule has 2 fully saturated rings. The minimum Gasteiger partial charge on any atom is -0.310 e. The zero-order chi connectivity index (χ0) is 15.5. The highest BCUT2D eigenvalue weighted by Crippen LogP contribution is 2.37. The van der Waals surface area contributed by atoms with Gasteiger partial charge < -0.3 is 10.2 Å². The van der Waals surface area contributed by atoms with Gasteiger partial charge in [0.1, 0.15) is 0 Å². The maximum absolute atomic E-state index is 12.8. The maximum atomic E-state index is 12.8. The van der Waals surface area contributed by atoms with Crippen LogP contribution in [0.5, 0.6) is 0 Å². The first-order valence-electron chi connectivity index (χ1n) is 8.08. The van der Waals surface area contributed by atoms with Crippen molar-refractivity contribution in [1.82, 2.24) is 15.1 Å². The second-order valence-corrected chi connectivity index (χ2v) is 6.77. The van der Waals surface area contributed by atoms with Crippen LogP contribution in [0.3, 0.4) is 0 Å². The van der Waals surface area contributed by atoms with Gasteiger partial charge in [-0.25, -0.2) is 0 Å². The van der Waals surface area contributed by atoms with E-state index in [1.807, 2.05) is 0 Å². The Labute approximate surface area is 125 Å². The van der Waals surface area contributed by atoms with Crippen molar-refractivity contribution in [3.05, 3.63) is 0 Å². The molecule has 0 radical (unpaired) electrons. The SMILES string of the molecule is C[C@H](CN1CCN(C)CC1)N[C@H]1CCC[C@H](C(F)(F)F)C1. The summed E-state index contributed by atoms with van der Waals surface area (Å²) in [5.74, 6) is -1.11. The van der Waals surface area contributed by atoms with Crippen LogP contribution in [0.1, 0.15) is 32.6 Å². The van der Waals surface area contributed by atoms with Gasteiger partial charge in [0.25, 0.3) is 0 Å². The fourth-order valence-electron chi connectivity index (χ4n) is 3.51. The van der Waals surface area contributed by atoms with E-state index in [1.165, 1.54) is 0 Å². The molecule has 0 spiro atoms. The summed E-state index contributed by atoms with van der Waals surface area (Å²) in [6.45, 7) is 7.28. The molecular weight excluding hydrogens is 279 g/mol. The maximum Gasteiger partial charge on any atom is 0.391 e. The average Bonchev–Trinajstić information content (AvgIpc) is 2.41. The first-order chi connectivity index (χ1) is 9.84. The standard InChI is InChI=1S/C15H28F3N3/c1-12(11-21-8-6-20(2)7-9-21)19-14-5-3-4-13(10-14)15(16,17)18/h12-14,19H,3-11H2,1-2H3/t12-,13+,14+/m1/s1. The summed E-state index contributed by atoms with van der Waals surface area (Å²) < 4.78 is 38.5. The molecule has 3 nitrogen and oxygen atoms in total. The Hall–Kier alpha value is -0.330. The van der Waals surface area contributed by atoms with Crippen molar-refractivity contribution in [2.75, 3.05) is 39.8 Å². The number of nitrogens with zero attached hydrogens (tertiary/aromatic N) is 2. The number of alkyl halides is 3. The van der Waals surface area contributed by atoms with Gasteiger partial charge in [0, 0.05) is 44.8 Å². The van der Waals surface area contributed by atoms with Gasteiger partial charge in [0.05, 0.1) is 5.92 Å². The highest BCUT2D eigenvalue weighted by molar-refractivity contribution is 4.84. The molecule has 0 aromatic carbocycles. The third-order valence-electron chi connectivity index (χ3n) is 4.79. The zero-order valence-corrected chi connectivity index (χ0v) is 13.1. The largest absolute Gasteiger partial charge is 0.391 e. The summed E-state index contributed by atoms with van der Waals surface area (Å²) in [6, 6.07) is 0.276. The second-order valence-electron chi connectivity index (χ2n) is 6.77. The van der Waals surface area contributed by atoms with E-state index in [0.717, 1.165) is 39.1 Å². The van der Waals surface area contributed by atoms with Crippen LogP contribution < -0.4 is 5.32 Å². The Morgan fingerprint density at radius 1 is 1.14 bits per heavy atom. The average molecular weight is 307 g/mol. The van der Waals surface area contributed by atoms with E-state index < -0.39 is 12.1 Å². The smallest absolute Gasteiger partial charge is 0.310 e. The van der Waals surface area contributed by atoms with Gasteiger partial charge in [-0.1, -0.05) is 6.42 Å². The topological polar surface area (TPSA) is 18.5 Å². The van der Waals surface area contributed by atoms with Crippen LogP contribution in [0, 0.1) is 5.92 Å². The fraction of sp³-hybridized carbons (Fsp3) is 1.00. The molecular formula is C15H28F3N3. The zero-order valence-electron chi connectivity index (χ0n) is 13.1. The summed E-state index contributed by atoms with van der Waals surface area (Å²) in [4.78, 5) is 4.71. The van der Waals surface area contributed by atoms with E-state index in [0.29, 0.717) is 12.8 Å². The second kappa shape index (κ2) is 7.29. The van der Waals surface area contributed by atoms with E-state index in [1.54, 1.807) is 0 Å². The van der Waals surface area contributed by atoms with Crippen molar-refractivity contribution in [2.24, 2.45) is 5.92 Å². The van der Waals surface area contributed by atoms with Crippen molar-refractivity contribution in [3.8, 4) is 0 Å². The summed E-state index contributed by atoms with van der Waals surface area (Å²) in [7, 11) is 2.12. The predicted molar refractivity (Wildman–Crippen MR) is 78.3 cm³/mol. The Kier molecular flexibility index (Phi) is 5.91. The first kappa shape index (κ1) is 17.0. The molecule has 21 heavy (non-hydrogen) atoms. The van der Waals surface area contributed by atoms with Crippen LogP contribution in [-0.2, 0) is 0 Å². The number of halogens is 3. The van der Waals surface area contributed by atoms with Gasteiger partial charge >= 0.3 is 6.18 Å². The van der Waals surface area contributed by atoms with Gasteiger partial charge in [-0.3, -0.25) is 4.90 Å². The monoisotopic (exact) mass is 307 g/mol. The number of hydrogen-bond donors (Lipinski definition) is 1. The van der Waals surface area contributed by atoms with E-state index in [9.17, 15) is 13.2 Å². The molecule has 0 aromatic rings. The molecule has 1 saturated heterocycles. The van der Waals surface area contributed by atoms with Crippen molar-refractivity contribution in [2.45, 2.75) is 50.9 Å². The molecule has 3 atom stereocenters. The Bertz CT molecular complexity index is 314. The summed E-state index contributed by atoms with van der Waals surface area (Å²) in [5, 5.41) is 3.42. The summed E-state index contributed by atoms with van der Waals surface area (Å²) in [5.41, 5.74) is 0. The molecule has 1 saturated carbocycles. The third kappa shape index (κ3) is 5.42. The molecule has 1 N–H and O–H groups in total.